The number of para-hydroxylation sites is 1. The van der Waals surface area contributed by atoms with Gasteiger partial charge in [-0.15, -0.1) is 0 Å². The van der Waals surface area contributed by atoms with E-state index < -0.39 is 0 Å². The van der Waals surface area contributed by atoms with Crippen LogP contribution in [0.2, 0.25) is 0 Å². The van der Waals surface area contributed by atoms with Crippen LogP contribution in [0.3, 0.4) is 0 Å². The van der Waals surface area contributed by atoms with Gasteiger partial charge in [-0.3, -0.25) is 4.79 Å². The summed E-state index contributed by atoms with van der Waals surface area (Å²) in [6, 6.07) is 20.2. The third kappa shape index (κ3) is 5.08. The number of aryl methyl sites for hydroxylation is 1. The third-order valence-corrected chi connectivity index (χ3v) is 4.57. The first-order chi connectivity index (χ1) is 15.1. The standard InChI is InChI=1S/C24H22N4O3/c1-17-25-22(28-13-5-6-14-28)16-24(26-17)31-20-11-9-19(10-12-20)27-23(29)15-18-7-3-4-8-21(18)30-2/h3-14,16H,15H2,1-2H3,(H,27,29). The van der Waals surface area contributed by atoms with Crippen molar-refractivity contribution in [1.29, 1.82) is 0 Å². The fraction of sp³-hybridized carbons (Fsp3) is 0.125. The second-order valence-electron chi connectivity index (χ2n) is 6.87. The van der Waals surface area contributed by atoms with Crippen LogP contribution in [0.25, 0.3) is 5.82 Å². The number of rotatable bonds is 7. The van der Waals surface area contributed by atoms with Crippen LogP contribution in [0.4, 0.5) is 5.69 Å². The number of hydrogen-bond acceptors (Lipinski definition) is 5. The van der Waals surface area contributed by atoms with Crippen LogP contribution >= 0.6 is 0 Å². The molecule has 0 unspecified atom stereocenters. The molecule has 0 bridgehead atoms. The number of benzene rings is 2. The number of carbonyl (C=O) groups excluding carboxylic acids is 1. The number of ether oxygens (including phenoxy) is 2. The number of amides is 1. The Labute approximate surface area is 180 Å². The van der Waals surface area contributed by atoms with Gasteiger partial charge in [0.2, 0.25) is 11.8 Å². The molecule has 1 amide bonds. The summed E-state index contributed by atoms with van der Waals surface area (Å²) in [6.07, 6.45) is 4.05. The maximum atomic E-state index is 12.4. The summed E-state index contributed by atoms with van der Waals surface area (Å²) in [5.74, 6) is 2.97. The fourth-order valence-corrected chi connectivity index (χ4v) is 3.15. The Morgan fingerprint density at radius 3 is 2.48 bits per heavy atom. The molecule has 0 saturated heterocycles. The Morgan fingerprint density at radius 2 is 1.74 bits per heavy atom. The van der Waals surface area contributed by atoms with Crippen molar-refractivity contribution in [1.82, 2.24) is 14.5 Å². The Kier molecular flexibility index (Phi) is 5.93. The van der Waals surface area contributed by atoms with Gasteiger partial charge in [0.05, 0.1) is 13.5 Å². The predicted octanol–water partition coefficient (Wildman–Crippen LogP) is 4.56. The predicted molar refractivity (Wildman–Crippen MR) is 118 cm³/mol. The summed E-state index contributed by atoms with van der Waals surface area (Å²) < 4.78 is 13.1. The molecule has 4 rings (SSSR count). The second kappa shape index (κ2) is 9.13. The molecule has 0 aliphatic carbocycles. The van der Waals surface area contributed by atoms with Crippen LogP contribution in [0.15, 0.2) is 79.1 Å². The van der Waals surface area contributed by atoms with Crippen LogP contribution in [0, 0.1) is 6.92 Å². The van der Waals surface area contributed by atoms with Crippen LogP contribution in [0.5, 0.6) is 17.4 Å². The first-order valence-electron chi connectivity index (χ1n) is 9.79. The molecular formula is C24H22N4O3. The summed E-state index contributed by atoms with van der Waals surface area (Å²) in [5.41, 5.74) is 1.51. The number of nitrogens with one attached hydrogen (secondary N) is 1. The van der Waals surface area contributed by atoms with Gasteiger partial charge in [0, 0.05) is 29.7 Å². The molecule has 0 fully saturated rings. The molecular weight excluding hydrogens is 392 g/mol. The highest BCUT2D eigenvalue weighted by atomic mass is 16.5. The fourth-order valence-electron chi connectivity index (χ4n) is 3.15. The Morgan fingerprint density at radius 1 is 1.00 bits per heavy atom. The first kappa shape index (κ1) is 20.2. The van der Waals surface area contributed by atoms with Crippen molar-refractivity contribution in [2.24, 2.45) is 0 Å². The van der Waals surface area contributed by atoms with Gasteiger partial charge >= 0.3 is 0 Å². The Hall–Kier alpha value is -4.13. The average molecular weight is 414 g/mol. The summed E-state index contributed by atoms with van der Waals surface area (Å²) >= 11 is 0. The third-order valence-electron chi connectivity index (χ3n) is 4.57. The molecule has 4 aromatic rings. The number of hydrogen-bond donors (Lipinski definition) is 1. The Bertz CT molecular complexity index is 1170. The van der Waals surface area contributed by atoms with Gasteiger partial charge in [-0.25, -0.2) is 4.98 Å². The van der Waals surface area contributed by atoms with Crippen LogP contribution in [-0.2, 0) is 11.2 Å². The normalized spacial score (nSPS) is 10.5. The van der Waals surface area contributed by atoms with Gasteiger partial charge in [0.25, 0.3) is 0 Å². The largest absolute Gasteiger partial charge is 0.496 e. The van der Waals surface area contributed by atoms with Crippen molar-refractivity contribution < 1.29 is 14.3 Å². The Balaban J connectivity index is 1.41. The monoisotopic (exact) mass is 414 g/mol. The van der Waals surface area contributed by atoms with Gasteiger partial charge in [-0.2, -0.15) is 4.98 Å². The van der Waals surface area contributed by atoms with Gasteiger partial charge in [-0.05, 0) is 49.4 Å². The van der Waals surface area contributed by atoms with Crippen LogP contribution in [0.1, 0.15) is 11.4 Å². The molecule has 1 N–H and O–H groups in total. The van der Waals surface area contributed by atoms with E-state index in [2.05, 4.69) is 15.3 Å². The highest BCUT2D eigenvalue weighted by Crippen LogP contribution is 2.24. The van der Waals surface area contributed by atoms with Crippen molar-refractivity contribution in [3.63, 3.8) is 0 Å². The molecule has 2 heterocycles. The number of aromatic nitrogens is 3. The zero-order chi connectivity index (χ0) is 21.6. The van der Waals surface area contributed by atoms with E-state index in [4.69, 9.17) is 9.47 Å². The lowest BCUT2D eigenvalue weighted by Gasteiger charge is -2.10. The van der Waals surface area contributed by atoms with E-state index >= 15 is 0 Å². The molecule has 0 spiro atoms. The molecule has 7 nitrogen and oxygen atoms in total. The highest BCUT2D eigenvalue weighted by Gasteiger charge is 2.09. The van der Waals surface area contributed by atoms with E-state index in [1.165, 1.54) is 0 Å². The lowest BCUT2D eigenvalue weighted by Crippen LogP contribution is -2.14. The molecule has 7 heteroatoms. The maximum Gasteiger partial charge on any atom is 0.228 e. The second-order valence-corrected chi connectivity index (χ2v) is 6.87. The van der Waals surface area contributed by atoms with Crippen molar-refractivity contribution >= 4 is 11.6 Å². The molecule has 2 aromatic heterocycles. The SMILES string of the molecule is COc1ccccc1CC(=O)Nc1ccc(Oc2cc(-n3cccc3)nc(C)n2)cc1. The topological polar surface area (TPSA) is 78.3 Å². The van der Waals surface area contributed by atoms with E-state index in [0.29, 0.717) is 28.9 Å². The number of methoxy groups -OCH3 is 1. The van der Waals surface area contributed by atoms with E-state index in [-0.39, 0.29) is 12.3 Å². The summed E-state index contributed by atoms with van der Waals surface area (Å²) in [7, 11) is 1.59. The summed E-state index contributed by atoms with van der Waals surface area (Å²) in [4.78, 5) is 21.2. The lowest BCUT2D eigenvalue weighted by atomic mass is 10.1. The van der Waals surface area contributed by atoms with Crippen LogP contribution < -0.4 is 14.8 Å². The molecule has 0 saturated carbocycles. The average Bonchev–Trinajstić information content (AvgIpc) is 3.30. The highest BCUT2D eigenvalue weighted by molar-refractivity contribution is 5.92. The zero-order valence-electron chi connectivity index (χ0n) is 17.3. The van der Waals surface area contributed by atoms with Gasteiger partial charge in [0.1, 0.15) is 23.1 Å². The number of anilines is 1. The molecule has 0 radical (unpaired) electrons. The van der Waals surface area contributed by atoms with Gasteiger partial charge in [0.15, 0.2) is 0 Å². The van der Waals surface area contributed by atoms with Crippen molar-refractivity contribution in [2.45, 2.75) is 13.3 Å². The van der Waals surface area contributed by atoms with Crippen molar-refractivity contribution in [2.75, 3.05) is 12.4 Å². The molecule has 2 aromatic carbocycles. The first-order valence-corrected chi connectivity index (χ1v) is 9.79. The van der Waals surface area contributed by atoms with Crippen LogP contribution in [-0.4, -0.2) is 27.6 Å². The van der Waals surface area contributed by atoms with Crippen molar-refractivity contribution in [3.8, 4) is 23.2 Å². The van der Waals surface area contributed by atoms with Crippen molar-refractivity contribution in [3.05, 3.63) is 90.5 Å². The number of nitrogens with zero attached hydrogens (tertiary/aromatic N) is 3. The minimum atomic E-state index is -0.124. The molecule has 0 atom stereocenters. The van der Waals surface area contributed by atoms with Gasteiger partial charge in [-0.1, -0.05) is 18.2 Å². The zero-order valence-corrected chi connectivity index (χ0v) is 17.3. The summed E-state index contributed by atoms with van der Waals surface area (Å²) in [6.45, 7) is 1.82. The molecule has 0 aliphatic heterocycles. The minimum absolute atomic E-state index is 0.124. The van der Waals surface area contributed by atoms with E-state index in [9.17, 15) is 4.79 Å². The minimum Gasteiger partial charge on any atom is -0.496 e. The lowest BCUT2D eigenvalue weighted by molar-refractivity contribution is -0.115. The quantitative estimate of drug-likeness (QED) is 0.480. The van der Waals surface area contributed by atoms with Gasteiger partial charge < -0.3 is 19.4 Å². The number of carbonyl (C=O) groups is 1. The molecule has 31 heavy (non-hydrogen) atoms. The summed E-state index contributed by atoms with van der Waals surface area (Å²) in [5, 5.41) is 2.89. The molecule has 0 aliphatic rings. The van der Waals surface area contributed by atoms with E-state index in [1.807, 2.05) is 60.3 Å². The maximum absolute atomic E-state index is 12.4. The van der Waals surface area contributed by atoms with E-state index in [0.717, 1.165) is 11.4 Å². The molecule has 156 valence electrons. The van der Waals surface area contributed by atoms with E-state index in [1.54, 1.807) is 37.4 Å². The smallest absolute Gasteiger partial charge is 0.228 e.